The average molecular weight is 601 g/mol. The molecule has 0 aliphatic rings. The Kier molecular flexibility index (Phi) is 9.60. The zero-order valence-electron chi connectivity index (χ0n) is 22.5. The Bertz CT molecular complexity index is 1600. The number of hydrogen-bond acceptors (Lipinski definition) is 12. The summed E-state index contributed by atoms with van der Waals surface area (Å²) in [5.74, 6) is -2.34. The molecular weight excluding hydrogens is 576 g/mol. The van der Waals surface area contributed by atoms with Gasteiger partial charge in [-0.2, -0.15) is 0 Å². The van der Waals surface area contributed by atoms with Crippen LogP contribution in [-0.4, -0.2) is 58.3 Å². The minimum atomic E-state index is -1.41. The van der Waals surface area contributed by atoms with Crippen molar-refractivity contribution in [3.8, 4) is 5.69 Å². The van der Waals surface area contributed by atoms with Crippen LogP contribution in [0.3, 0.4) is 0 Å². The number of nitro benzene ring substituents is 4. The molecule has 3 N–H and O–H groups in total. The molecule has 1 heterocycles. The molecule has 0 saturated heterocycles. The van der Waals surface area contributed by atoms with E-state index in [1.165, 1.54) is 10.8 Å². The van der Waals surface area contributed by atoms with Crippen molar-refractivity contribution in [1.29, 1.82) is 0 Å². The van der Waals surface area contributed by atoms with Crippen LogP contribution in [0.5, 0.6) is 0 Å². The number of anilines is 1. The highest BCUT2D eigenvalue weighted by atomic mass is 16.6. The summed E-state index contributed by atoms with van der Waals surface area (Å²) in [6.07, 6.45) is 2.15. The third-order valence-corrected chi connectivity index (χ3v) is 6.05. The van der Waals surface area contributed by atoms with Crippen molar-refractivity contribution in [2.45, 2.75) is 38.8 Å². The summed E-state index contributed by atoms with van der Waals surface area (Å²) in [5, 5.41) is 60.0. The number of amides is 1. The number of nitro groups is 4. The summed E-state index contributed by atoms with van der Waals surface area (Å²) >= 11 is 0. The Morgan fingerprint density at radius 2 is 1.47 bits per heavy atom. The number of nitrogens with zero attached hydrogens (tertiary/aromatic N) is 6. The first-order valence-electron chi connectivity index (χ1n) is 12.4. The maximum Gasteiger partial charge on any atom is 0.326 e. The van der Waals surface area contributed by atoms with E-state index in [-0.39, 0.29) is 35.8 Å². The lowest BCUT2D eigenvalue weighted by molar-refractivity contribution is -0.394. The molecule has 0 fully saturated rings. The van der Waals surface area contributed by atoms with Crippen LogP contribution in [0.2, 0.25) is 0 Å². The van der Waals surface area contributed by atoms with Gasteiger partial charge in [0.05, 0.1) is 43.8 Å². The van der Waals surface area contributed by atoms with Gasteiger partial charge in [0.15, 0.2) is 0 Å². The van der Waals surface area contributed by atoms with Gasteiger partial charge < -0.3 is 15.7 Å². The second-order valence-corrected chi connectivity index (χ2v) is 9.61. The number of imidazole rings is 1. The van der Waals surface area contributed by atoms with Crippen LogP contribution < -0.4 is 10.6 Å². The van der Waals surface area contributed by atoms with Gasteiger partial charge in [0.2, 0.25) is 5.91 Å². The van der Waals surface area contributed by atoms with Crippen molar-refractivity contribution in [3.05, 3.63) is 95.1 Å². The van der Waals surface area contributed by atoms with Crippen LogP contribution in [0.15, 0.2) is 48.9 Å². The standard InChI is InChI=1S/C24H24N8O11/c1-13(2)7-19(24(34)35)27-23(33)18(26-17-5-3-15(29(36)37)9-21(17)31(40)41)8-14-11-28(12-25-14)20-6-4-16(30(38)39)10-22(20)32(42)43/h3-6,9-13,18-19,26H,7-8H2,1-2H3,(H,27,33)(H,34,35)/t18-,19-/m0/s1. The average Bonchev–Trinajstić information content (AvgIpc) is 3.39. The molecule has 0 aliphatic carbocycles. The molecule has 0 aliphatic heterocycles. The summed E-state index contributed by atoms with van der Waals surface area (Å²) in [5.41, 5.74) is -2.68. The number of carbonyl (C=O) groups excluding carboxylic acids is 1. The quantitative estimate of drug-likeness (QED) is 0.177. The summed E-state index contributed by atoms with van der Waals surface area (Å²) in [6, 6.07) is 2.92. The molecule has 1 amide bonds. The number of aromatic nitrogens is 2. The van der Waals surface area contributed by atoms with Gasteiger partial charge in [0, 0.05) is 24.8 Å². The number of rotatable bonds is 14. The molecule has 3 aromatic rings. The number of carboxylic acids is 1. The minimum absolute atomic E-state index is 0.0594. The monoisotopic (exact) mass is 600 g/mol. The van der Waals surface area contributed by atoms with Crippen molar-refractivity contribution in [2.24, 2.45) is 5.92 Å². The number of hydrogen-bond donors (Lipinski definition) is 3. The first-order chi connectivity index (χ1) is 20.2. The summed E-state index contributed by atoms with van der Waals surface area (Å²) in [6.45, 7) is 3.48. The molecule has 3 rings (SSSR count). The van der Waals surface area contributed by atoms with E-state index in [0.717, 1.165) is 36.7 Å². The lowest BCUT2D eigenvalue weighted by Crippen LogP contribution is -2.49. The fraction of sp³-hybridized carbons (Fsp3) is 0.292. The molecule has 19 nitrogen and oxygen atoms in total. The van der Waals surface area contributed by atoms with Crippen molar-refractivity contribution in [3.63, 3.8) is 0 Å². The highest BCUT2D eigenvalue weighted by Crippen LogP contribution is 2.31. The second kappa shape index (κ2) is 13.1. The number of nitrogens with one attached hydrogen (secondary N) is 2. The molecule has 0 spiro atoms. The topological polar surface area (TPSA) is 269 Å². The number of aliphatic carboxylic acids is 1. The van der Waals surface area contributed by atoms with Crippen LogP contribution in [0, 0.1) is 46.4 Å². The Labute approximate surface area is 240 Å². The highest BCUT2D eigenvalue weighted by Gasteiger charge is 2.30. The van der Waals surface area contributed by atoms with E-state index < -0.39 is 66.4 Å². The Hall–Kier alpha value is -6.01. The van der Waals surface area contributed by atoms with Crippen LogP contribution in [-0.2, 0) is 16.0 Å². The lowest BCUT2D eigenvalue weighted by atomic mass is 10.0. The van der Waals surface area contributed by atoms with E-state index in [9.17, 15) is 55.2 Å². The Morgan fingerprint density at radius 1 is 0.884 bits per heavy atom. The summed E-state index contributed by atoms with van der Waals surface area (Å²) in [7, 11) is 0. The van der Waals surface area contributed by atoms with Gasteiger partial charge in [-0.3, -0.25) is 49.8 Å². The molecule has 2 atom stereocenters. The van der Waals surface area contributed by atoms with Crippen molar-refractivity contribution in [1.82, 2.24) is 14.9 Å². The zero-order chi connectivity index (χ0) is 32.0. The van der Waals surface area contributed by atoms with Crippen molar-refractivity contribution in [2.75, 3.05) is 5.32 Å². The number of carboxylic acid groups (broad SMARTS) is 1. The third kappa shape index (κ3) is 7.80. The maximum atomic E-state index is 13.3. The van der Waals surface area contributed by atoms with Gasteiger partial charge in [-0.05, 0) is 24.5 Å². The molecule has 2 aromatic carbocycles. The van der Waals surface area contributed by atoms with E-state index in [1.807, 2.05) is 0 Å². The van der Waals surface area contributed by atoms with Crippen LogP contribution >= 0.6 is 0 Å². The van der Waals surface area contributed by atoms with Gasteiger partial charge >= 0.3 is 5.97 Å². The van der Waals surface area contributed by atoms with E-state index in [1.54, 1.807) is 13.8 Å². The predicted molar refractivity (Wildman–Crippen MR) is 147 cm³/mol. The molecule has 1 aromatic heterocycles. The first-order valence-corrected chi connectivity index (χ1v) is 12.4. The van der Waals surface area contributed by atoms with Crippen molar-refractivity contribution >= 4 is 40.3 Å². The van der Waals surface area contributed by atoms with Gasteiger partial charge in [-0.15, -0.1) is 0 Å². The normalized spacial score (nSPS) is 12.3. The smallest absolute Gasteiger partial charge is 0.326 e. The zero-order valence-corrected chi connectivity index (χ0v) is 22.5. The maximum absolute atomic E-state index is 13.3. The van der Waals surface area contributed by atoms with Crippen molar-refractivity contribution < 1.29 is 34.4 Å². The molecular formula is C24H24N8O11. The summed E-state index contributed by atoms with van der Waals surface area (Å²) < 4.78 is 1.18. The number of non-ortho nitro benzene ring substituents is 2. The molecule has 43 heavy (non-hydrogen) atoms. The predicted octanol–water partition coefficient (Wildman–Crippen LogP) is 3.14. The molecule has 0 bridgehead atoms. The van der Waals surface area contributed by atoms with E-state index in [2.05, 4.69) is 15.6 Å². The summed E-state index contributed by atoms with van der Waals surface area (Å²) in [4.78, 5) is 71.3. The van der Waals surface area contributed by atoms with Gasteiger partial charge in [-0.1, -0.05) is 13.8 Å². The van der Waals surface area contributed by atoms with E-state index >= 15 is 0 Å². The molecule has 0 saturated carbocycles. The Balaban J connectivity index is 2.01. The fourth-order valence-electron chi connectivity index (χ4n) is 4.07. The van der Waals surface area contributed by atoms with Gasteiger partial charge in [-0.25, -0.2) is 9.78 Å². The largest absolute Gasteiger partial charge is 0.480 e. The van der Waals surface area contributed by atoms with Crippen LogP contribution in [0.1, 0.15) is 26.0 Å². The third-order valence-electron chi connectivity index (χ3n) is 6.05. The van der Waals surface area contributed by atoms with Gasteiger partial charge in [0.1, 0.15) is 23.5 Å². The number of carbonyl (C=O) groups is 2. The lowest BCUT2D eigenvalue weighted by Gasteiger charge is -2.22. The Morgan fingerprint density at radius 3 is 2.00 bits per heavy atom. The van der Waals surface area contributed by atoms with E-state index in [4.69, 9.17) is 0 Å². The second-order valence-electron chi connectivity index (χ2n) is 9.61. The minimum Gasteiger partial charge on any atom is -0.480 e. The molecule has 226 valence electrons. The van der Waals surface area contributed by atoms with Crippen LogP contribution in [0.4, 0.5) is 28.4 Å². The number of benzene rings is 2. The fourth-order valence-corrected chi connectivity index (χ4v) is 4.07. The van der Waals surface area contributed by atoms with E-state index in [0.29, 0.717) is 6.07 Å². The highest BCUT2D eigenvalue weighted by molar-refractivity contribution is 5.89. The molecule has 0 unspecified atom stereocenters. The van der Waals surface area contributed by atoms with Crippen LogP contribution in [0.25, 0.3) is 5.69 Å². The SMILES string of the molecule is CC(C)C[C@H](NC(=O)[C@H](Cc1cn(-c2ccc([N+](=O)[O-])cc2[N+](=O)[O-])cn1)Nc1ccc([N+](=O)[O-])cc1[N+](=O)[O-])C(=O)O. The molecule has 0 radical (unpaired) electrons. The molecule has 19 heteroatoms. The van der Waals surface area contributed by atoms with Gasteiger partial charge in [0.25, 0.3) is 22.7 Å². The first kappa shape index (κ1) is 31.5.